The fourth-order valence-corrected chi connectivity index (χ4v) is 8.02. The summed E-state index contributed by atoms with van der Waals surface area (Å²) < 4.78 is 10.5. The molecule has 0 aliphatic carbocycles. The van der Waals surface area contributed by atoms with E-state index in [0.717, 1.165) is 84.2 Å². The van der Waals surface area contributed by atoms with E-state index in [9.17, 15) is 9.59 Å². The Bertz CT molecular complexity index is 1950. The summed E-state index contributed by atoms with van der Waals surface area (Å²) in [6.45, 7) is 12.9. The number of rotatable bonds is 9. The zero-order valence-electron chi connectivity index (χ0n) is 30.1. The molecule has 0 saturated carbocycles. The van der Waals surface area contributed by atoms with Gasteiger partial charge in [-0.2, -0.15) is 0 Å². The van der Waals surface area contributed by atoms with E-state index in [1.54, 1.807) is 12.3 Å². The van der Waals surface area contributed by atoms with E-state index in [4.69, 9.17) is 44.3 Å². The molecule has 12 heteroatoms. The first-order valence-electron chi connectivity index (χ1n) is 18.1. The lowest BCUT2D eigenvalue weighted by atomic mass is 9.95. The van der Waals surface area contributed by atoms with Gasteiger partial charge >= 0.3 is 6.09 Å². The van der Waals surface area contributed by atoms with Gasteiger partial charge in [0.25, 0.3) is 5.91 Å². The van der Waals surface area contributed by atoms with Crippen molar-refractivity contribution in [3.8, 4) is 0 Å². The van der Waals surface area contributed by atoms with Crippen LogP contribution in [0.3, 0.4) is 0 Å². The standard InChI is InChI=1S/C32H30Cl3N3O2.C9H16N2O2/c1-4-38(20(3)25-12-10-22(33)16-27(25)35)31(19(2)21-8-6-5-7-9-21)29-26-13-11-23(34)17-28(26)37-30(29)32(39)36-24-14-15-40-18-24;12-9-11(6-1-7-13-9)8-2-4-10-5-3-8/h4-13,16-17,20,24,37H,1,14-15,18H2,2-3H3,(H,36,39);8,10H,1-7H2/b31-19+;. The van der Waals surface area contributed by atoms with Crippen LogP contribution in [-0.2, 0) is 9.47 Å². The molecule has 3 aliphatic rings. The fraction of sp³-hybridized carbons (Fsp3) is 0.366. The minimum atomic E-state index is -0.243. The molecule has 9 nitrogen and oxygen atoms in total. The summed E-state index contributed by atoms with van der Waals surface area (Å²) in [5, 5.41) is 8.98. The molecule has 0 radical (unpaired) electrons. The summed E-state index contributed by atoms with van der Waals surface area (Å²) in [7, 11) is 0. The van der Waals surface area contributed by atoms with Crippen LogP contribution < -0.4 is 10.6 Å². The lowest BCUT2D eigenvalue weighted by Crippen LogP contribution is -2.49. The molecule has 2 unspecified atom stereocenters. The van der Waals surface area contributed by atoms with E-state index < -0.39 is 0 Å². The quantitative estimate of drug-likeness (QED) is 0.157. The molecular weight excluding hydrogens is 733 g/mol. The maximum absolute atomic E-state index is 13.8. The topological polar surface area (TPSA) is 98.9 Å². The Kier molecular flexibility index (Phi) is 13.1. The zero-order valence-corrected chi connectivity index (χ0v) is 32.4. The molecule has 0 spiro atoms. The number of fused-ring (bicyclic) bond motifs is 1. The molecule has 3 aromatic carbocycles. The van der Waals surface area contributed by atoms with Crippen molar-refractivity contribution < 1.29 is 19.1 Å². The zero-order chi connectivity index (χ0) is 37.5. The van der Waals surface area contributed by atoms with Gasteiger partial charge in [-0.25, -0.2) is 4.79 Å². The van der Waals surface area contributed by atoms with E-state index >= 15 is 0 Å². The second-order valence-electron chi connectivity index (χ2n) is 13.5. The van der Waals surface area contributed by atoms with Crippen LogP contribution in [0.1, 0.15) is 72.8 Å². The average Bonchev–Trinajstić information content (AvgIpc) is 3.82. The first-order valence-corrected chi connectivity index (χ1v) is 19.3. The van der Waals surface area contributed by atoms with Crippen molar-refractivity contribution in [1.29, 1.82) is 0 Å². The molecule has 4 aromatic rings. The lowest BCUT2D eigenvalue weighted by Gasteiger charge is -2.36. The van der Waals surface area contributed by atoms with Crippen LogP contribution in [0.25, 0.3) is 22.2 Å². The Labute approximate surface area is 326 Å². The van der Waals surface area contributed by atoms with Gasteiger partial charge in [-0.05, 0) is 99.8 Å². The Balaban J connectivity index is 0.000000309. The number of ether oxygens (including phenoxy) is 2. The predicted molar refractivity (Wildman–Crippen MR) is 214 cm³/mol. The van der Waals surface area contributed by atoms with Crippen molar-refractivity contribution in [3.05, 3.63) is 117 Å². The van der Waals surface area contributed by atoms with Gasteiger partial charge in [-0.1, -0.05) is 83.8 Å². The number of nitrogens with one attached hydrogen (secondary N) is 3. The number of piperidine rings is 1. The Morgan fingerprint density at radius 3 is 2.43 bits per heavy atom. The van der Waals surface area contributed by atoms with E-state index in [1.165, 1.54) is 0 Å². The number of cyclic esters (lactones) is 1. The largest absolute Gasteiger partial charge is 0.449 e. The van der Waals surface area contributed by atoms with Crippen molar-refractivity contribution in [2.24, 2.45) is 0 Å². The number of H-pyrrole nitrogens is 1. The highest BCUT2D eigenvalue weighted by atomic mass is 35.5. The number of aromatic nitrogens is 1. The third kappa shape index (κ3) is 9.04. The second-order valence-corrected chi connectivity index (χ2v) is 14.8. The van der Waals surface area contributed by atoms with Crippen molar-refractivity contribution in [1.82, 2.24) is 25.4 Å². The summed E-state index contributed by atoms with van der Waals surface area (Å²) in [5.41, 5.74) is 5.62. The first-order chi connectivity index (χ1) is 25.7. The van der Waals surface area contributed by atoms with Crippen LogP contribution in [0.5, 0.6) is 0 Å². The lowest BCUT2D eigenvalue weighted by molar-refractivity contribution is 0.0486. The van der Waals surface area contributed by atoms with Crippen LogP contribution in [-0.4, -0.2) is 78.3 Å². The smallest absolute Gasteiger partial charge is 0.410 e. The Hall–Kier alpha value is -3.99. The number of nitrogens with zero attached hydrogens (tertiary/aromatic N) is 2. The van der Waals surface area contributed by atoms with Crippen LogP contribution in [0.4, 0.5) is 4.79 Å². The number of hydrogen-bond acceptors (Lipinski definition) is 6. The van der Waals surface area contributed by atoms with E-state index in [-0.39, 0.29) is 24.1 Å². The monoisotopic (exact) mass is 777 g/mol. The van der Waals surface area contributed by atoms with Crippen LogP contribution in [0.15, 0.2) is 79.5 Å². The van der Waals surface area contributed by atoms with Gasteiger partial charge in [-0.3, -0.25) is 4.79 Å². The maximum atomic E-state index is 13.8. The van der Waals surface area contributed by atoms with Crippen molar-refractivity contribution in [2.45, 2.75) is 57.7 Å². The minimum Gasteiger partial charge on any atom is -0.449 e. The Morgan fingerprint density at radius 1 is 1.02 bits per heavy atom. The maximum Gasteiger partial charge on any atom is 0.410 e. The molecule has 2 atom stereocenters. The van der Waals surface area contributed by atoms with Gasteiger partial charge in [-0.15, -0.1) is 0 Å². The van der Waals surface area contributed by atoms with Gasteiger partial charge in [0.2, 0.25) is 0 Å². The SMILES string of the molecule is C=CN(/C(=C(\C)c1ccccc1)c1c(C(=O)NC2CCOC2)[nH]c2cc(Cl)ccc12)C(C)c1ccc(Cl)cc1Cl.O=C1OCCCN1C1CCNCC1. The predicted octanol–water partition coefficient (Wildman–Crippen LogP) is 9.32. The van der Waals surface area contributed by atoms with Gasteiger partial charge in [0.15, 0.2) is 0 Å². The van der Waals surface area contributed by atoms with Crippen LogP contribution in [0, 0.1) is 0 Å². The Morgan fingerprint density at radius 2 is 1.75 bits per heavy atom. The molecule has 7 rings (SSSR count). The normalized spacial score (nSPS) is 18.8. The molecule has 3 fully saturated rings. The van der Waals surface area contributed by atoms with Crippen molar-refractivity contribution in [3.63, 3.8) is 0 Å². The summed E-state index contributed by atoms with van der Waals surface area (Å²) >= 11 is 19.3. The van der Waals surface area contributed by atoms with Crippen molar-refractivity contribution in [2.75, 3.05) is 39.5 Å². The number of carbonyl (C=O) groups excluding carboxylic acids is 2. The molecule has 0 bridgehead atoms. The highest BCUT2D eigenvalue weighted by Crippen LogP contribution is 2.42. The van der Waals surface area contributed by atoms with E-state index in [1.807, 2.05) is 53.4 Å². The molecular formula is C41H46Cl3N5O4. The second kappa shape index (κ2) is 17.9. The summed E-state index contributed by atoms with van der Waals surface area (Å²) in [5.74, 6) is -0.211. The van der Waals surface area contributed by atoms with Gasteiger partial charge < -0.3 is 34.9 Å². The summed E-state index contributed by atoms with van der Waals surface area (Å²) in [4.78, 5) is 32.5. The highest BCUT2D eigenvalue weighted by Gasteiger charge is 2.31. The van der Waals surface area contributed by atoms with Gasteiger partial charge in [0.05, 0.1) is 31.0 Å². The highest BCUT2D eigenvalue weighted by molar-refractivity contribution is 6.35. The number of amides is 2. The molecule has 280 valence electrons. The number of carbonyl (C=O) groups is 2. The fourth-order valence-electron chi connectivity index (χ4n) is 7.28. The van der Waals surface area contributed by atoms with E-state index in [0.29, 0.717) is 46.6 Å². The molecule has 4 heterocycles. The van der Waals surface area contributed by atoms with Crippen LogP contribution in [0.2, 0.25) is 15.1 Å². The van der Waals surface area contributed by atoms with Crippen LogP contribution >= 0.6 is 34.8 Å². The summed E-state index contributed by atoms with van der Waals surface area (Å²) in [6.07, 6.45) is 5.54. The number of allylic oxidation sites excluding steroid dienone is 1. The minimum absolute atomic E-state index is 0.0553. The number of halogens is 3. The number of hydrogen-bond donors (Lipinski definition) is 3. The molecule has 2 amide bonds. The first kappa shape index (κ1) is 38.7. The van der Waals surface area contributed by atoms with E-state index in [2.05, 4.69) is 53.1 Å². The summed E-state index contributed by atoms with van der Waals surface area (Å²) in [6, 6.07) is 21.3. The molecule has 3 N–H and O–H groups in total. The van der Waals surface area contributed by atoms with Crippen molar-refractivity contribution >= 4 is 69.0 Å². The third-order valence-electron chi connectivity index (χ3n) is 10.1. The number of aromatic amines is 1. The van der Waals surface area contributed by atoms with Gasteiger partial charge in [0, 0.05) is 50.7 Å². The molecule has 53 heavy (non-hydrogen) atoms. The average molecular weight is 779 g/mol. The number of benzene rings is 3. The third-order valence-corrected chi connectivity index (χ3v) is 10.9. The van der Waals surface area contributed by atoms with Gasteiger partial charge in [0.1, 0.15) is 5.69 Å². The molecule has 1 aromatic heterocycles. The molecule has 3 aliphatic heterocycles. The molecule has 3 saturated heterocycles.